The van der Waals surface area contributed by atoms with E-state index in [1.54, 1.807) is 0 Å². The summed E-state index contributed by atoms with van der Waals surface area (Å²) in [5.74, 6) is -0.00277. The second-order valence-electron chi connectivity index (χ2n) is 5.60. The van der Waals surface area contributed by atoms with Crippen molar-refractivity contribution in [3.8, 4) is 0 Å². The molecule has 1 atom stereocenters. The number of hydrogen-bond acceptors (Lipinski definition) is 3. The maximum atomic E-state index is 12.1. The number of nitrogens with zero attached hydrogens (tertiary/aromatic N) is 1. The van der Waals surface area contributed by atoms with Crippen molar-refractivity contribution in [3.05, 3.63) is 0 Å². The molecular formula is C14H29N3O. The fourth-order valence-corrected chi connectivity index (χ4v) is 2.51. The van der Waals surface area contributed by atoms with E-state index in [2.05, 4.69) is 17.1 Å². The Morgan fingerprint density at radius 3 is 2.33 bits per heavy atom. The molecule has 0 saturated carbocycles. The van der Waals surface area contributed by atoms with Gasteiger partial charge in [0, 0.05) is 12.6 Å². The van der Waals surface area contributed by atoms with E-state index in [1.807, 2.05) is 13.8 Å². The van der Waals surface area contributed by atoms with Crippen LogP contribution in [0.2, 0.25) is 0 Å². The zero-order chi connectivity index (χ0) is 13.6. The van der Waals surface area contributed by atoms with Gasteiger partial charge in [-0.05, 0) is 45.7 Å². The molecule has 0 bridgehead atoms. The lowest BCUT2D eigenvalue weighted by molar-refractivity contribution is -0.127. The number of carbonyl (C=O) groups is 1. The van der Waals surface area contributed by atoms with Gasteiger partial charge < -0.3 is 16.0 Å². The maximum absolute atomic E-state index is 12.1. The van der Waals surface area contributed by atoms with Crippen molar-refractivity contribution in [1.29, 1.82) is 0 Å². The Kier molecular flexibility index (Phi) is 6.09. The Bertz CT molecular complexity index is 258. The highest BCUT2D eigenvalue weighted by molar-refractivity contribution is 5.86. The SMILES string of the molecule is CCC(N)(CC)C(=O)NC(C)CN1CCCCC1. The van der Waals surface area contributed by atoms with Crippen LogP contribution < -0.4 is 11.1 Å². The summed E-state index contributed by atoms with van der Waals surface area (Å²) in [6.07, 6.45) is 5.28. The van der Waals surface area contributed by atoms with Gasteiger partial charge in [0.15, 0.2) is 0 Å². The minimum absolute atomic E-state index is 0.00277. The molecule has 4 heteroatoms. The zero-order valence-corrected chi connectivity index (χ0v) is 12.2. The van der Waals surface area contributed by atoms with E-state index in [9.17, 15) is 4.79 Å². The number of rotatable bonds is 6. The van der Waals surface area contributed by atoms with Gasteiger partial charge in [-0.15, -0.1) is 0 Å². The van der Waals surface area contributed by atoms with Crippen LogP contribution in [0.25, 0.3) is 0 Å². The Morgan fingerprint density at radius 1 is 1.28 bits per heavy atom. The summed E-state index contributed by atoms with van der Waals surface area (Å²) in [5.41, 5.74) is 5.40. The van der Waals surface area contributed by atoms with Crippen molar-refractivity contribution in [2.75, 3.05) is 19.6 Å². The fourth-order valence-electron chi connectivity index (χ4n) is 2.51. The lowest BCUT2D eigenvalue weighted by Gasteiger charge is -2.32. The van der Waals surface area contributed by atoms with Gasteiger partial charge in [0.05, 0.1) is 5.54 Å². The zero-order valence-electron chi connectivity index (χ0n) is 12.2. The Hall–Kier alpha value is -0.610. The van der Waals surface area contributed by atoms with Crippen LogP contribution in [0.3, 0.4) is 0 Å². The molecule has 0 spiro atoms. The minimum Gasteiger partial charge on any atom is -0.351 e. The number of amides is 1. The highest BCUT2D eigenvalue weighted by atomic mass is 16.2. The van der Waals surface area contributed by atoms with E-state index in [0.717, 1.165) is 19.6 Å². The predicted octanol–water partition coefficient (Wildman–Crippen LogP) is 1.49. The number of nitrogens with one attached hydrogen (secondary N) is 1. The Morgan fingerprint density at radius 2 is 1.83 bits per heavy atom. The van der Waals surface area contributed by atoms with E-state index < -0.39 is 5.54 Å². The normalized spacial score (nSPS) is 19.6. The number of carbonyl (C=O) groups excluding carboxylic acids is 1. The molecule has 1 unspecified atom stereocenters. The minimum atomic E-state index is -0.698. The first-order valence-corrected chi connectivity index (χ1v) is 7.34. The average Bonchev–Trinajstić information content (AvgIpc) is 2.38. The molecular weight excluding hydrogens is 226 g/mol. The molecule has 0 aromatic carbocycles. The lowest BCUT2D eigenvalue weighted by Crippen LogP contribution is -2.56. The molecule has 0 aromatic rings. The fraction of sp³-hybridized carbons (Fsp3) is 0.929. The molecule has 106 valence electrons. The second kappa shape index (κ2) is 7.10. The molecule has 1 saturated heterocycles. The first kappa shape index (κ1) is 15.4. The van der Waals surface area contributed by atoms with Crippen LogP contribution in [-0.2, 0) is 4.79 Å². The van der Waals surface area contributed by atoms with Crippen molar-refractivity contribution < 1.29 is 4.79 Å². The molecule has 18 heavy (non-hydrogen) atoms. The van der Waals surface area contributed by atoms with E-state index >= 15 is 0 Å². The Labute approximate surface area is 111 Å². The number of nitrogens with two attached hydrogens (primary N) is 1. The molecule has 1 aliphatic rings. The molecule has 0 radical (unpaired) electrons. The van der Waals surface area contributed by atoms with Crippen molar-refractivity contribution in [2.24, 2.45) is 5.73 Å². The molecule has 1 amide bonds. The van der Waals surface area contributed by atoms with Gasteiger partial charge >= 0.3 is 0 Å². The van der Waals surface area contributed by atoms with Crippen molar-refractivity contribution in [1.82, 2.24) is 10.2 Å². The molecule has 1 rings (SSSR count). The number of likely N-dealkylation sites (tertiary alicyclic amines) is 1. The quantitative estimate of drug-likeness (QED) is 0.756. The summed E-state index contributed by atoms with van der Waals surface area (Å²) >= 11 is 0. The van der Waals surface area contributed by atoms with Crippen LogP contribution in [0.5, 0.6) is 0 Å². The summed E-state index contributed by atoms with van der Waals surface area (Å²) < 4.78 is 0. The third-order valence-electron chi connectivity index (χ3n) is 4.07. The smallest absolute Gasteiger partial charge is 0.240 e. The lowest BCUT2D eigenvalue weighted by atomic mass is 9.93. The van der Waals surface area contributed by atoms with E-state index in [-0.39, 0.29) is 11.9 Å². The van der Waals surface area contributed by atoms with Crippen LogP contribution in [-0.4, -0.2) is 42.0 Å². The Balaban J connectivity index is 2.38. The molecule has 3 N–H and O–H groups in total. The first-order chi connectivity index (χ1) is 8.51. The van der Waals surface area contributed by atoms with Crippen LogP contribution in [0.15, 0.2) is 0 Å². The summed E-state index contributed by atoms with van der Waals surface area (Å²) in [6, 6.07) is 0.177. The third-order valence-corrected chi connectivity index (χ3v) is 4.07. The van der Waals surface area contributed by atoms with Crippen LogP contribution in [0.4, 0.5) is 0 Å². The third kappa shape index (κ3) is 4.25. The monoisotopic (exact) mass is 255 g/mol. The largest absolute Gasteiger partial charge is 0.351 e. The summed E-state index contributed by atoms with van der Waals surface area (Å²) in [5, 5.41) is 3.06. The van der Waals surface area contributed by atoms with Crippen LogP contribution >= 0.6 is 0 Å². The van der Waals surface area contributed by atoms with Crippen molar-refractivity contribution >= 4 is 5.91 Å². The highest BCUT2D eigenvalue weighted by Crippen LogP contribution is 2.12. The molecule has 0 aliphatic carbocycles. The highest BCUT2D eigenvalue weighted by Gasteiger charge is 2.30. The number of piperidine rings is 1. The van der Waals surface area contributed by atoms with Crippen LogP contribution in [0, 0.1) is 0 Å². The van der Waals surface area contributed by atoms with Crippen molar-refractivity contribution in [2.45, 2.75) is 64.5 Å². The standard InChI is InChI=1S/C14H29N3O/c1-4-14(15,5-2)13(18)16-12(3)11-17-9-7-6-8-10-17/h12H,4-11,15H2,1-3H3,(H,16,18). The molecule has 1 heterocycles. The van der Waals surface area contributed by atoms with Gasteiger partial charge in [0.2, 0.25) is 5.91 Å². The molecule has 1 fully saturated rings. The summed E-state index contributed by atoms with van der Waals surface area (Å²) in [6.45, 7) is 9.27. The molecule has 4 nitrogen and oxygen atoms in total. The summed E-state index contributed by atoms with van der Waals surface area (Å²) in [7, 11) is 0. The van der Waals surface area contributed by atoms with Gasteiger partial charge in [-0.2, -0.15) is 0 Å². The molecule has 1 aliphatic heterocycles. The van der Waals surface area contributed by atoms with Gasteiger partial charge in [0.25, 0.3) is 0 Å². The topological polar surface area (TPSA) is 58.4 Å². The first-order valence-electron chi connectivity index (χ1n) is 7.34. The van der Waals surface area contributed by atoms with Gasteiger partial charge in [-0.3, -0.25) is 4.79 Å². The summed E-state index contributed by atoms with van der Waals surface area (Å²) in [4.78, 5) is 14.6. The predicted molar refractivity (Wildman–Crippen MR) is 75.4 cm³/mol. The van der Waals surface area contributed by atoms with E-state index in [1.165, 1.54) is 19.3 Å². The van der Waals surface area contributed by atoms with Gasteiger partial charge in [-0.25, -0.2) is 0 Å². The molecule has 0 aromatic heterocycles. The second-order valence-corrected chi connectivity index (χ2v) is 5.60. The average molecular weight is 255 g/mol. The van der Waals surface area contributed by atoms with Crippen molar-refractivity contribution in [3.63, 3.8) is 0 Å². The van der Waals surface area contributed by atoms with Gasteiger partial charge in [0.1, 0.15) is 0 Å². The maximum Gasteiger partial charge on any atom is 0.240 e. The van der Waals surface area contributed by atoms with Gasteiger partial charge in [-0.1, -0.05) is 20.3 Å². The van der Waals surface area contributed by atoms with E-state index in [4.69, 9.17) is 5.73 Å². The van der Waals surface area contributed by atoms with E-state index in [0.29, 0.717) is 12.8 Å². The van der Waals surface area contributed by atoms with Crippen LogP contribution in [0.1, 0.15) is 52.9 Å². The number of hydrogen-bond donors (Lipinski definition) is 2.